The quantitative estimate of drug-likeness (QED) is 0.708. The third-order valence-electron chi connectivity index (χ3n) is 4.15. The highest BCUT2D eigenvalue weighted by Crippen LogP contribution is 2.40. The third-order valence-corrected chi connectivity index (χ3v) is 4.15. The van der Waals surface area contributed by atoms with Crippen LogP contribution in [0.5, 0.6) is 17.2 Å². The van der Waals surface area contributed by atoms with E-state index in [1.807, 2.05) is 0 Å². The number of carbonyl (C=O) groups excluding carboxylic acids is 3. The predicted octanol–water partition coefficient (Wildman–Crippen LogP) is 1.75. The maximum atomic E-state index is 12.5. The Labute approximate surface area is 166 Å². The number of esters is 1. The summed E-state index contributed by atoms with van der Waals surface area (Å²) in [6.07, 6.45) is -1.07. The molecule has 9 nitrogen and oxygen atoms in total. The number of nitrogens with two attached hydrogens (primary N) is 1. The van der Waals surface area contributed by atoms with Crippen LogP contribution < -0.4 is 25.3 Å². The lowest BCUT2D eigenvalue weighted by Gasteiger charge is -2.21. The van der Waals surface area contributed by atoms with E-state index in [-0.39, 0.29) is 5.56 Å². The number of rotatable bonds is 6. The SMILES string of the molecule is COc1cc(C(=O)O[C@H](C)C(=O)Nc2ccc(C(N)=O)cc2)cc2c1OCCO2. The molecule has 1 heterocycles. The van der Waals surface area contributed by atoms with Gasteiger partial charge in [-0.05, 0) is 43.3 Å². The van der Waals surface area contributed by atoms with Gasteiger partial charge in [-0.1, -0.05) is 0 Å². The van der Waals surface area contributed by atoms with Crippen LogP contribution in [0.3, 0.4) is 0 Å². The molecule has 0 unspecified atom stereocenters. The van der Waals surface area contributed by atoms with E-state index in [4.69, 9.17) is 24.7 Å². The predicted molar refractivity (Wildman–Crippen MR) is 102 cm³/mol. The molecule has 0 radical (unpaired) electrons. The average Bonchev–Trinajstić information content (AvgIpc) is 2.73. The van der Waals surface area contributed by atoms with E-state index in [0.717, 1.165) is 0 Å². The maximum absolute atomic E-state index is 12.5. The van der Waals surface area contributed by atoms with Gasteiger partial charge in [-0.15, -0.1) is 0 Å². The Morgan fingerprint density at radius 3 is 2.41 bits per heavy atom. The molecule has 2 amide bonds. The van der Waals surface area contributed by atoms with Crippen LogP contribution in [0.4, 0.5) is 5.69 Å². The van der Waals surface area contributed by atoms with Crippen LogP contribution in [0.1, 0.15) is 27.6 Å². The number of benzene rings is 2. The number of hydrogen-bond acceptors (Lipinski definition) is 7. The van der Waals surface area contributed by atoms with Gasteiger partial charge >= 0.3 is 5.97 Å². The lowest BCUT2D eigenvalue weighted by molar-refractivity contribution is -0.123. The number of ether oxygens (including phenoxy) is 4. The first-order chi connectivity index (χ1) is 13.9. The molecule has 0 saturated heterocycles. The molecular weight excluding hydrogens is 380 g/mol. The van der Waals surface area contributed by atoms with Gasteiger partial charge in [0.05, 0.1) is 12.7 Å². The smallest absolute Gasteiger partial charge is 0.339 e. The Morgan fingerprint density at radius 2 is 1.76 bits per heavy atom. The molecule has 3 rings (SSSR count). The van der Waals surface area contributed by atoms with Crippen molar-refractivity contribution in [3.63, 3.8) is 0 Å². The largest absolute Gasteiger partial charge is 0.493 e. The molecular formula is C20H20N2O7. The van der Waals surface area contributed by atoms with Gasteiger partial charge in [0, 0.05) is 11.3 Å². The van der Waals surface area contributed by atoms with Gasteiger partial charge in [-0.2, -0.15) is 0 Å². The van der Waals surface area contributed by atoms with E-state index in [1.165, 1.54) is 50.4 Å². The number of nitrogens with one attached hydrogen (secondary N) is 1. The highest BCUT2D eigenvalue weighted by molar-refractivity contribution is 5.98. The Morgan fingerprint density at radius 1 is 1.07 bits per heavy atom. The molecule has 29 heavy (non-hydrogen) atoms. The van der Waals surface area contributed by atoms with Crippen molar-refractivity contribution in [2.45, 2.75) is 13.0 Å². The normalized spacial score (nSPS) is 13.2. The lowest BCUT2D eigenvalue weighted by Crippen LogP contribution is -2.30. The highest BCUT2D eigenvalue weighted by atomic mass is 16.6. The summed E-state index contributed by atoms with van der Waals surface area (Å²) < 4.78 is 21.5. The van der Waals surface area contributed by atoms with Crippen LogP contribution in [0.2, 0.25) is 0 Å². The van der Waals surface area contributed by atoms with Crippen LogP contribution in [0.15, 0.2) is 36.4 Å². The molecule has 0 aromatic heterocycles. The van der Waals surface area contributed by atoms with E-state index in [9.17, 15) is 14.4 Å². The molecule has 0 spiro atoms. The van der Waals surface area contributed by atoms with E-state index in [2.05, 4.69) is 5.32 Å². The van der Waals surface area contributed by atoms with Crippen LogP contribution in [0.25, 0.3) is 0 Å². The van der Waals surface area contributed by atoms with E-state index >= 15 is 0 Å². The van der Waals surface area contributed by atoms with Crippen molar-refractivity contribution in [2.75, 3.05) is 25.6 Å². The minimum Gasteiger partial charge on any atom is -0.493 e. The summed E-state index contributed by atoms with van der Waals surface area (Å²) in [6, 6.07) is 8.96. The summed E-state index contributed by atoms with van der Waals surface area (Å²) in [6.45, 7) is 2.17. The standard InChI is InChI=1S/C20H20N2O7/c1-11(19(24)22-14-5-3-12(4-6-14)18(21)23)29-20(25)13-9-15(26-2)17-16(10-13)27-7-8-28-17/h3-6,9-11H,7-8H2,1-2H3,(H2,21,23)(H,22,24)/t11-/m1/s1. The molecule has 3 N–H and O–H groups in total. The Balaban J connectivity index is 1.66. The average molecular weight is 400 g/mol. The molecule has 0 bridgehead atoms. The number of carbonyl (C=O) groups is 3. The van der Waals surface area contributed by atoms with Gasteiger partial charge in [-0.25, -0.2) is 4.79 Å². The maximum Gasteiger partial charge on any atom is 0.339 e. The van der Waals surface area contributed by atoms with E-state index < -0.39 is 23.9 Å². The van der Waals surface area contributed by atoms with Crippen molar-refractivity contribution < 1.29 is 33.3 Å². The van der Waals surface area contributed by atoms with E-state index in [1.54, 1.807) is 0 Å². The first kappa shape index (κ1) is 20.0. The van der Waals surface area contributed by atoms with Gasteiger partial charge in [0.1, 0.15) is 13.2 Å². The molecule has 0 saturated carbocycles. The molecule has 2 aromatic carbocycles. The van der Waals surface area contributed by atoms with Gasteiger partial charge in [-0.3, -0.25) is 9.59 Å². The summed E-state index contributed by atoms with van der Waals surface area (Å²) in [5, 5.41) is 2.60. The minimum atomic E-state index is -1.07. The molecule has 1 atom stereocenters. The summed E-state index contributed by atoms with van der Waals surface area (Å²) in [7, 11) is 1.45. The molecule has 1 aliphatic heterocycles. The second-order valence-electron chi connectivity index (χ2n) is 6.18. The van der Waals surface area contributed by atoms with Crippen LogP contribution in [-0.4, -0.2) is 44.2 Å². The summed E-state index contributed by atoms with van der Waals surface area (Å²) >= 11 is 0. The number of methoxy groups -OCH3 is 1. The summed E-state index contributed by atoms with van der Waals surface area (Å²) in [5.41, 5.74) is 6.09. The molecule has 9 heteroatoms. The molecule has 0 aliphatic carbocycles. The zero-order chi connectivity index (χ0) is 21.0. The number of primary amides is 1. The van der Waals surface area contributed by atoms with Crippen molar-refractivity contribution in [1.29, 1.82) is 0 Å². The monoisotopic (exact) mass is 400 g/mol. The Bertz CT molecular complexity index is 923. The van der Waals surface area contributed by atoms with Crippen molar-refractivity contribution in [3.8, 4) is 17.2 Å². The van der Waals surface area contributed by atoms with Crippen molar-refractivity contribution in [2.24, 2.45) is 5.73 Å². The van der Waals surface area contributed by atoms with Crippen LogP contribution >= 0.6 is 0 Å². The zero-order valence-electron chi connectivity index (χ0n) is 15.9. The van der Waals surface area contributed by atoms with Crippen molar-refractivity contribution in [1.82, 2.24) is 0 Å². The highest BCUT2D eigenvalue weighted by Gasteiger charge is 2.24. The fraction of sp³-hybridized carbons (Fsp3) is 0.250. The van der Waals surface area contributed by atoms with Gasteiger partial charge in [0.15, 0.2) is 17.6 Å². The van der Waals surface area contributed by atoms with Crippen LogP contribution in [-0.2, 0) is 9.53 Å². The van der Waals surface area contributed by atoms with Crippen molar-refractivity contribution in [3.05, 3.63) is 47.5 Å². The number of anilines is 1. The number of amides is 2. The first-order valence-electron chi connectivity index (χ1n) is 8.78. The zero-order valence-corrected chi connectivity index (χ0v) is 15.9. The number of fused-ring (bicyclic) bond motifs is 1. The molecule has 1 aliphatic rings. The first-order valence-corrected chi connectivity index (χ1v) is 8.78. The minimum absolute atomic E-state index is 0.163. The second kappa shape index (κ2) is 8.51. The van der Waals surface area contributed by atoms with E-state index in [0.29, 0.717) is 41.7 Å². The van der Waals surface area contributed by atoms with Gasteiger partial charge in [0.25, 0.3) is 5.91 Å². The fourth-order valence-electron chi connectivity index (χ4n) is 2.63. The topological polar surface area (TPSA) is 126 Å². The van der Waals surface area contributed by atoms with Crippen LogP contribution in [0, 0.1) is 0 Å². The van der Waals surface area contributed by atoms with Gasteiger partial charge in [0.2, 0.25) is 11.7 Å². The third kappa shape index (κ3) is 4.57. The Kier molecular flexibility index (Phi) is 5.87. The van der Waals surface area contributed by atoms with Gasteiger partial charge < -0.3 is 30.0 Å². The second-order valence-corrected chi connectivity index (χ2v) is 6.18. The summed E-state index contributed by atoms with van der Waals surface area (Å²) in [4.78, 5) is 35.9. The number of hydrogen-bond donors (Lipinski definition) is 2. The Hall–Kier alpha value is -3.75. The molecule has 0 fully saturated rings. The fourth-order valence-corrected chi connectivity index (χ4v) is 2.63. The summed E-state index contributed by atoms with van der Waals surface area (Å²) in [5.74, 6) is -0.697. The molecule has 2 aromatic rings. The lowest BCUT2D eigenvalue weighted by atomic mass is 10.1. The van der Waals surface area contributed by atoms with Crippen molar-refractivity contribution >= 4 is 23.5 Å². The molecule has 152 valence electrons.